The summed E-state index contributed by atoms with van der Waals surface area (Å²) in [4.78, 5) is 5.26. The summed E-state index contributed by atoms with van der Waals surface area (Å²) in [6.45, 7) is 5.99. The summed E-state index contributed by atoms with van der Waals surface area (Å²) >= 11 is 0. The molecule has 1 rings (SSSR count). The van der Waals surface area contributed by atoms with Crippen molar-refractivity contribution in [2.45, 2.75) is 32.5 Å². The van der Waals surface area contributed by atoms with Crippen LogP contribution >= 0.6 is 0 Å². The molecule has 0 amide bonds. The van der Waals surface area contributed by atoms with Crippen LogP contribution in [-0.2, 0) is 4.84 Å². The van der Waals surface area contributed by atoms with E-state index >= 15 is 0 Å². The van der Waals surface area contributed by atoms with Crippen LogP contribution in [0.3, 0.4) is 0 Å². The highest BCUT2D eigenvalue weighted by Crippen LogP contribution is 2.13. The maximum Gasteiger partial charge on any atom is 0.123 e. The van der Waals surface area contributed by atoms with E-state index in [-0.39, 0.29) is 18.0 Å². The topological polar surface area (TPSA) is 41.5 Å². The largest absolute Gasteiger partial charge is 0.387 e. The number of rotatable bonds is 4. The number of aliphatic hydroxyl groups excluding tert-OH is 1. The first-order chi connectivity index (χ1) is 7.38. The van der Waals surface area contributed by atoms with E-state index in [2.05, 4.69) is 5.48 Å². The van der Waals surface area contributed by atoms with Gasteiger partial charge in [0.1, 0.15) is 5.82 Å². The van der Waals surface area contributed by atoms with Crippen molar-refractivity contribution in [3.63, 3.8) is 0 Å². The van der Waals surface area contributed by atoms with Crippen LogP contribution in [0.15, 0.2) is 24.3 Å². The number of benzene rings is 1. The van der Waals surface area contributed by atoms with E-state index in [9.17, 15) is 9.50 Å². The standard InChI is InChI=1S/C12H18FNO2/c1-12(2,3)16-14-8-11(15)9-4-6-10(13)7-5-9/h4-7,11,14-15H,8H2,1-3H3. The lowest BCUT2D eigenvalue weighted by atomic mass is 10.1. The lowest BCUT2D eigenvalue weighted by molar-refractivity contribution is -0.0834. The smallest absolute Gasteiger partial charge is 0.123 e. The molecule has 90 valence electrons. The van der Waals surface area contributed by atoms with E-state index in [1.807, 2.05) is 20.8 Å². The second kappa shape index (κ2) is 5.39. The molecule has 1 aromatic carbocycles. The van der Waals surface area contributed by atoms with Crippen LogP contribution in [0.5, 0.6) is 0 Å². The number of nitrogens with one attached hydrogen (secondary N) is 1. The zero-order chi connectivity index (χ0) is 12.2. The molecule has 0 fully saturated rings. The number of hydroxylamine groups is 1. The maximum atomic E-state index is 12.6. The highest BCUT2D eigenvalue weighted by molar-refractivity contribution is 5.18. The van der Waals surface area contributed by atoms with Crippen LogP contribution in [0, 0.1) is 5.82 Å². The Morgan fingerprint density at radius 3 is 2.38 bits per heavy atom. The van der Waals surface area contributed by atoms with Crippen molar-refractivity contribution >= 4 is 0 Å². The van der Waals surface area contributed by atoms with Gasteiger partial charge in [0.2, 0.25) is 0 Å². The summed E-state index contributed by atoms with van der Waals surface area (Å²) in [7, 11) is 0. The Kier molecular flexibility index (Phi) is 4.41. The molecule has 1 unspecified atom stereocenters. The molecule has 0 aliphatic carbocycles. The van der Waals surface area contributed by atoms with Gasteiger partial charge < -0.3 is 5.11 Å². The van der Waals surface area contributed by atoms with Crippen LogP contribution in [0.4, 0.5) is 4.39 Å². The van der Waals surface area contributed by atoms with Crippen molar-refractivity contribution in [2.24, 2.45) is 0 Å². The lowest BCUT2D eigenvalue weighted by Crippen LogP contribution is -2.31. The van der Waals surface area contributed by atoms with E-state index in [0.717, 1.165) is 0 Å². The summed E-state index contributed by atoms with van der Waals surface area (Å²) in [5.41, 5.74) is 3.05. The molecule has 16 heavy (non-hydrogen) atoms. The average Bonchev–Trinajstić information content (AvgIpc) is 2.16. The molecule has 0 aromatic heterocycles. The highest BCUT2D eigenvalue weighted by Gasteiger charge is 2.12. The van der Waals surface area contributed by atoms with Gasteiger partial charge in [0, 0.05) is 0 Å². The van der Waals surface area contributed by atoms with Gasteiger partial charge in [-0.3, -0.25) is 4.84 Å². The van der Waals surface area contributed by atoms with Crippen molar-refractivity contribution in [1.29, 1.82) is 0 Å². The van der Waals surface area contributed by atoms with Gasteiger partial charge in [-0.05, 0) is 38.5 Å². The van der Waals surface area contributed by atoms with E-state index in [4.69, 9.17) is 4.84 Å². The van der Waals surface area contributed by atoms with Crippen LogP contribution in [0.1, 0.15) is 32.4 Å². The Bertz CT molecular complexity index is 319. The van der Waals surface area contributed by atoms with Crippen LogP contribution in [0.25, 0.3) is 0 Å². The normalized spacial score (nSPS) is 13.8. The second-order valence-electron chi connectivity index (χ2n) is 4.63. The Morgan fingerprint density at radius 1 is 1.31 bits per heavy atom. The molecular formula is C12H18FNO2. The summed E-state index contributed by atoms with van der Waals surface area (Å²) in [5.74, 6) is -0.310. The van der Waals surface area contributed by atoms with Crippen molar-refractivity contribution in [3.8, 4) is 0 Å². The van der Waals surface area contributed by atoms with Crippen LogP contribution < -0.4 is 5.48 Å². The molecule has 0 saturated carbocycles. The molecule has 4 heteroatoms. The quantitative estimate of drug-likeness (QED) is 0.775. The number of halogens is 1. The summed E-state index contributed by atoms with van der Waals surface area (Å²) in [5, 5.41) is 9.74. The van der Waals surface area contributed by atoms with Gasteiger partial charge in [-0.2, -0.15) is 5.48 Å². The first kappa shape index (κ1) is 13.1. The third-order valence-electron chi connectivity index (χ3n) is 1.91. The molecule has 3 nitrogen and oxygen atoms in total. The molecular weight excluding hydrogens is 209 g/mol. The zero-order valence-corrected chi connectivity index (χ0v) is 9.83. The number of aliphatic hydroxyl groups is 1. The molecule has 0 spiro atoms. The van der Waals surface area contributed by atoms with Gasteiger partial charge in [-0.15, -0.1) is 0 Å². The van der Waals surface area contributed by atoms with Crippen molar-refractivity contribution < 1.29 is 14.3 Å². The molecule has 2 N–H and O–H groups in total. The minimum absolute atomic E-state index is 0.267. The Balaban J connectivity index is 2.41. The lowest BCUT2D eigenvalue weighted by Gasteiger charge is -2.21. The fraction of sp³-hybridized carbons (Fsp3) is 0.500. The Morgan fingerprint density at radius 2 is 1.88 bits per heavy atom. The second-order valence-corrected chi connectivity index (χ2v) is 4.63. The minimum atomic E-state index is -0.706. The summed E-state index contributed by atoms with van der Waals surface area (Å²) < 4.78 is 12.6. The average molecular weight is 227 g/mol. The molecule has 0 heterocycles. The Hall–Kier alpha value is -0.970. The predicted molar refractivity (Wildman–Crippen MR) is 60.2 cm³/mol. The molecule has 0 radical (unpaired) electrons. The van der Waals surface area contributed by atoms with Crippen molar-refractivity contribution in [3.05, 3.63) is 35.6 Å². The third-order valence-corrected chi connectivity index (χ3v) is 1.91. The van der Waals surface area contributed by atoms with Gasteiger partial charge in [-0.25, -0.2) is 4.39 Å². The van der Waals surface area contributed by atoms with Crippen LogP contribution in [-0.4, -0.2) is 17.3 Å². The molecule has 0 bridgehead atoms. The summed E-state index contributed by atoms with van der Waals surface area (Å²) in [6.07, 6.45) is -0.706. The van der Waals surface area contributed by atoms with Crippen molar-refractivity contribution in [1.82, 2.24) is 5.48 Å². The van der Waals surface area contributed by atoms with Gasteiger partial charge in [0.15, 0.2) is 0 Å². The van der Waals surface area contributed by atoms with Crippen LogP contribution in [0.2, 0.25) is 0 Å². The van der Waals surface area contributed by atoms with E-state index < -0.39 is 6.10 Å². The van der Waals surface area contributed by atoms with Gasteiger partial charge in [0.25, 0.3) is 0 Å². The Labute approximate surface area is 95.2 Å². The molecule has 0 aliphatic rings. The number of hydrogen-bond donors (Lipinski definition) is 2. The molecule has 0 aliphatic heterocycles. The number of hydrogen-bond acceptors (Lipinski definition) is 3. The fourth-order valence-corrected chi connectivity index (χ4v) is 1.14. The summed E-state index contributed by atoms with van der Waals surface area (Å²) in [6, 6.07) is 5.75. The SMILES string of the molecule is CC(C)(C)ONCC(O)c1ccc(F)cc1. The van der Waals surface area contributed by atoms with Gasteiger partial charge in [0.05, 0.1) is 18.2 Å². The maximum absolute atomic E-state index is 12.6. The monoisotopic (exact) mass is 227 g/mol. The highest BCUT2D eigenvalue weighted by atomic mass is 19.1. The van der Waals surface area contributed by atoms with Crippen molar-refractivity contribution in [2.75, 3.05) is 6.54 Å². The minimum Gasteiger partial charge on any atom is -0.387 e. The van der Waals surface area contributed by atoms with Gasteiger partial charge in [-0.1, -0.05) is 12.1 Å². The first-order valence-corrected chi connectivity index (χ1v) is 5.23. The molecule has 1 aromatic rings. The predicted octanol–water partition coefficient (Wildman–Crippen LogP) is 2.18. The van der Waals surface area contributed by atoms with E-state index in [1.54, 1.807) is 12.1 Å². The first-order valence-electron chi connectivity index (χ1n) is 5.23. The van der Waals surface area contributed by atoms with E-state index in [0.29, 0.717) is 5.56 Å². The molecule has 0 saturated heterocycles. The van der Waals surface area contributed by atoms with E-state index in [1.165, 1.54) is 12.1 Å². The third kappa shape index (κ3) is 4.70. The zero-order valence-electron chi connectivity index (χ0n) is 9.83. The van der Waals surface area contributed by atoms with Gasteiger partial charge >= 0.3 is 0 Å². The molecule has 1 atom stereocenters. The fourth-order valence-electron chi connectivity index (χ4n) is 1.14.